The van der Waals surface area contributed by atoms with Crippen LogP contribution in [0.15, 0.2) is 0 Å². The fraction of sp³-hybridized carbons (Fsp3) is 1.00. The van der Waals surface area contributed by atoms with Gasteiger partial charge in [-0.05, 0) is 12.8 Å². The van der Waals surface area contributed by atoms with Crippen LogP contribution in [0.4, 0.5) is 0 Å². The van der Waals surface area contributed by atoms with Crippen molar-refractivity contribution < 1.29 is 21.6 Å². The smallest absolute Gasteiger partial charge is 0.282 e. The molecule has 25 heavy (non-hydrogen) atoms. The molecule has 2 saturated heterocycles. The minimum absolute atomic E-state index is 0.186. The predicted molar refractivity (Wildman–Crippen MR) is 95.5 cm³/mol. The van der Waals surface area contributed by atoms with E-state index in [1.165, 1.54) is 17.2 Å². The predicted octanol–water partition coefficient (Wildman–Crippen LogP) is -0.452. The van der Waals surface area contributed by atoms with E-state index in [4.69, 9.17) is 4.74 Å². The zero-order valence-corrected chi connectivity index (χ0v) is 16.8. The number of ether oxygens (including phenoxy) is 1. The van der Waals surface area contributed by atoms with Gasteiger partial charge in [0.1, 0.15) is 0 Å². The largest absolute Gasteiger partial charge is 0.379 e. The Labute approximate surface area is 151 Å². The Bertz CT molecular complexity index is 605. The van der Waals surface area contributed by atoms with Gasteiger partial charge in [0.2, 0.25) is 0 Å². The molecule has 2 heterocycles. The van der Waals surface area contributed by atoms with Crippen molar-refractivity contribution in [3.05, 3.63) is 0 Å². The van der Waals surface area contributed by atoms with Gasteiger partial charge in [-0.3, -0.25) is 0 Å². The van der Waals surface area contributed by atoms with E-state index in [1.807, 2.05) is 13.8 Å². The SMILES string of the molecule is CCCN(CCC)S(=O)(=O)N1CCN(S(=O)(=O)N2CCOCC2)CC1. The zero-order valence-electron chi connectivity index (χ0n) is 15.1. The van der Waals surface area contributed by atoms with Crippen molar-refractivity contribution in [3.63, 3.8) is 0 Å². The van der Waals surface area contributed by atoms with Gasteiger partial charge in [-0.2, -0.15) is 34.1 Å². The van der Waals surface area contributed by atoms with E-state index in [1.54, 1.807) is 0 Å². The van der Waals surface area contributed by atoms with Crippen LogP contribution in [-0.2, 0) is 25.2 Å². The van der Waals surface area contributed by atoms with Crippen LogP contribution >= 0.6 is 0 Å². The molecule has 11 heteroatoms. The number of hydrogen-bond donors (Lipinski definition) is 0. The molecule has 2 rings (SSSR count). The summed E-state index contributed by atoms with van der Waals surface area (Å²) in [7, 11) is -7.07. The topological polar surface area (TPSA) is 90.5 Å². The molecule has 0 unspecified atom stereocenters. The molecule has 0 spiro atoms. The van der Waals surface area contributed by atoms with Crippen molar-refractivity contribution in [2.45, 2.75) is 26.7 Å². The zero-order chi connectivity index (χ0) is 18.5. The van der Waals surface area contributed by atoms with Crippen LogP contribution in [0.5, 0.6) is 0 Å². The minimum Gasteiger partial charge on any atom is -0.379 e. The Morgan fingerprint density at radius 2 is 1.20 bits per heavy atom. The molecule has 0 N–H and O–H groups in total. The average Bonchev–Trinajstić information content (AvgIpc) is 2.62. The quantitative estimate of drug-likeness (QED) is 0.552. The summed E-state index contributed by atoms with van der Waals surface area (Å²) >= 11 is 0. The van der Waals surface area contributed by atoms with Crippen molar-refractivity contribution in [2.24, 2.45) is 0 Å². The molecule has 0 radical (unpaired) electrons. The third kappa shape index (κ3) is 4.90. The maximum Gasteiger partial charge on any atom is 0.282 e. The Hall–Kier alpha value is -0.300. The van der Waals surface area contributed by atoms with E-state index in [0.717, 1.165) is 12.8 Å². The number of morpholine rings is 1. The molecule has 2 fully saturated rings. The lowest BCUT2D eigenvalue weighted by Gasteiger charge is -2.38. The highest BCUT2D eigenvalue weighted by molar-refractivity contribution is 7.87. The van der Waals surface area contributed by atoms with E-state index in [-0.39, 0.29) is 26.2 Å². The highest BCUT2D eigenvalue weighted by atomic mass is 32.2. The van der Waals surface area contributed by atoms with Gasteiger partial charge in [-0.1, -0.05) is 13.8 Å². The van der Waals surface area contributed by atoms with Gasteiger partial charge in [0, 0.05) is 52.4 Å². The first-order valence-corrected chi connectivity index (χ1v) is 11.7. The molecule has 9 nitrogen and oxygen atoms in total. The molecule has 0 bridgehead atoms. The number of hydrogen-bond acceptors (Lipinski definition) is 5. The first kappa shape index (κ1) is 21.0. The first-order chi connectivity index (χ1) is 11.8. The monoisotopic (exact) mass is 398 g/mol. The lowest BCUT2D eigenvalue weighted by Crippen LogP contribution is -2.57. The van der Waals surface area contributed by atoms with E-state index in [0.29, 0.717) is 39.4 Å². The second-order valence-electron chi connectivity index (χ2n) is 6.22. The van der Waals surface area contributed by atoms with Crippen LogP contribution in [-0.4, -0.2) is 99.6 Å². The van der Waals surface area contributed by atoms with Gasteiger partial charge >= 0.3 is 0 Å². The van der Waals surface area contributed by atoms with Crippen LogP contribution in [0.2, 0.25) is 0 Å². The average molecular weight is 399 g/mol. The molecular formula is C14H30N4O5S2. The van der Waals surface area contributed by atoms with Gasteiger partial charge in [-0.15, -0.1) is 0 Å². The highest BCUT2D eigenvalue weighted by Gasteiger charge is 2.37. The van der Waals surface area contributed by atoms with Crippen LogP contribution < -0.4 is 0 Å². The molecule has 0 aromatic rings. The van der Waals surface area contributed by atoms with Crippen molar-refractivity contribution in [1.29, 1.82) is 0 Å². The van der Waals surface area contributed by atoms with Crippen molar-refractivity contribution in [2.75, 3.05) is 65.6 Å². The number of piperazine rings is 1. The summed E-state index contributed by atoms with van der Waals surface area (Å²) in [5.74, 6) is 0. The Kier molecular flexibility index (Phi) is 7.62. The Balaban J connectivity index is 2.00. The number of rotatable bonds is 8. The molecule has 0 amide bonds. The fourth-order valence-corrected chi connectivity index (χ4v) is 6.42. The van der Waals surface area contributed by atoms with E-state index < -0.39 is 20.4 Å². The van der Waals surface area contributed by atoms with Crippen LogP contribution in [0.1, 0.15) is 26.7 Å². The first-order valence-electron chi connectivity index (χ1n) is 8.92. The van der Waals surface area contributed by atoms with Crippen molar-refractivity contribution in [1.82, 2.24) is 17.2 Å². The van der Waals surface area contributed by atoms with Crippen molar-refractivity contribution >= 4 is 20.4 Å². The molecule has 2 aliphatic rings. The summed E-state index contributed by atoms with van der Waals surface area (Å²) in [5, 5.41) is 0. The second kappa shape index (κ2) is 9.07. The van der Waals surface area contributed by atoms with Crippen LogP contribution in [0.3, 0.4) is 0 Å². The minimum atomic E-state index is -3.54. The Morgan fingerprint density at radius 3 is 1.68 bits per heavy atom. The summed E-state index contributed by atoms with van der Waals surface area (Å²) in [6.07, 6.45) is 1.51. The van der Waals surface area contributed by atoms with Gasteiger partial charge in [0.25, 0.3) is 20.4 Å². The maximum absolute atomic E-state index is 12.8. The Morgan fingerprint density at radius 1 is 0.760 bits per heavy atom. The van der Waals surface area contributed by atoms with E-state index in [2.05, 4.69) is 0 Å². The fourth-order valence-electron chi connectivity index (χ4n) is 3.08. The maximum atomic E-state index is 12.8. The molecular weight excluding hydrogens is 368 g/mol. The lowest BCUT2D eigenvalue weighted by atomic mass is 10.4. The molecule has 0 aromatic heterocycles. The van der Waals surface area contributed by atoms with Crippen molar-refractivity contribution in [3.8, 4) is 0 Å². The standard InChI is InChI=1S/C14H30N4O5S2/c1-3-5-15(6-4-2)24(19,20)16-7-9-17(10-8-16)25(21,22)18-11-13-23-14-12-18/h3-14H2,1-2H3. The van der Waals surface area contributed by atoms with Gasteiger partial charge < -0.3 is 4.74 Å². The molecule has 148 valence electrons. The second-order valence-corrected chi connectivity index (χ2v) is 10.1. The van der Waals surface area contributed by atoms with E-state index >= 15 is 0 Å². The van der Waals surface area contributed by atoms with Crippen LogP contribution in [0.25, 0.3) is 0 Å². The summed E-state index contributed by atoms with van der Waals surface area (Å²) in [6.45, 7) is 7.12. The summed E-state index contributed by atoms with van der Waals surface area (Å²) < 4.78 is 61.8. The van der Waals surface area contributed by atoms with Crippen LogP contribution in [0, 0.1) is 0 Å². The molecule has 0 aliphatic carbocycles. The van der Waals surface area contributed by atoms with Gasteiger partial charge in [0.05, 0.1) is 13.2 Å². The molecule has 0 atom stereocenters. The third-order valence-corrected chi connectivity index (χ3v) is 8.49. The molecule has 0 aromatic carbocycles. The summed E-state index contributed by atoms with van der Waals surface area (Å²) in [6, 6.07) is 0. The summed E-state index contributed by atoms with van der Waals surface area (Å²) in [4.78, 5) is 0. The lowest BCUT2D eigenvalue weighted by molar-refractivity contribution is 0.0694. The molecule has 0 saturated carbocycles. The normalized spacial score (nSPS) is 22.5. The van der Waals surface area contributed by atoms with Gasteiger partial charge in [-0.25, -0.2) is 0 Å². The summed E-state index contributed by atoms with van der Waals surface area (Å²) in [5.41, 5.74) is 0. The van der Waals surface area contributed by atoms with E-state index in [9.17, 15) is 16.8 Å². The number of nitrogens with zero attached hydrogens (tertiary/aromatic N) is 4. The molecule has 2 aliphatic heterocycles. The highest BCUT2D eigenvalue weighted by Crippen LogP contribution is 2.18. The van der Waals surface area contributed by atoms with Gasteiger partial charge in [0.15, 0.2) is 0 Å². The third-order valence-electron chi connectivity index (χ3n) is 4.42.